The monoisotopic (exact) mass is 284 g/mol. The first-order chi connectivity index (χ1) is 8.58. The summed E-state index contributed by atoms with van der Waals surface area (Å²) in [6.07, 6.45) is 1.19. The molecule has 0 aromatic rings. The number of nitrogens with zero attached hydrogens (tertiary/aromatic N) is 1. The fourth-order valence-electron chi connectivity index (χ4n) is 2.48. The second kappa shape index (κ2) is 6.36. The van der Waals surface area contributed by atoms with E-state index in [0.29, 0.717) is 5.41 Å². The maximum Gasteiger partial charge on any atom is 0.0201 e. The summed E-state index contributed by atoms with van der Waals surface area (Å²) in [7, 11) is 2.27. The first-order valence-corrected chi connectivity index (χ1v) is 8.05. The summed E-state index contributed by atoms with van der Waals surface area (Å²) >= 11 is 0. The molecule has 122 valence electrons. The van der Waals surface area contributed by atoms with Gasteiger partial charge in [0.05, 0.1) is 0 Å². The van der Waals surface area contributed by atoms with Crippen molar-refractivity contribution in [3.05, 3.63) is 0 Å². The van der Waals surface area contributed by atoms with E-state index in [1.807, 2.05) is 0 Å². The Bertz CT molecular complexity index is 290. The highest BCUT2D eigenvalue weighted by atomic mass is 15.2. The summed E-state index contributed by atoms with van der Waals surface area (Å²) in [5, 5.41) is 3.62. The van der Waals surface area contributed by atoms with Gasteiger partial charge in [0, 0.05) is 17.6 Å². The van der Waals surface area contributed by atoms with Crippen LogP contribution in [0.1, 0.15) is 75.7 Å². The van der Waals surface area contributed by atoms with Gasteiger partial charge in [-0.1, -0.05) is 34.6 Å². The van der Waals surface area contributed by atoms with Gasteiger partial charge in [0.15, 0.2) is 0 Å². The third-order valence-electron chi connectivity index (χ3n) is 4.73. The van der Waals surface area contributed by atoms with Crippen LogP contribution in [0.4, 0.5) is 0 Å². The predicted molar refractivity (Wildman–Crippen MR) is 92.3 cm³/mol. The van der Waals surface area contributed by atoms with Gasteiger partial charge in [-0.25, -0.2) is 0 Å². The third-order valence-corrected chi connectivity index (χ3v) is 4.73. The van der Waals surface area contributed by atoms with Crippen LogP contribution in [0, 0.1) is 10.8 Å². The molecule has 0 aromatic heterocycles. The van der Waals surface area contributed by atoms with E-state index in [1.54, 1.807) is 0 Å². The molecule has 0 atom stereocenters. The highest BCUT2D eigenvalue weighted by molar-refractivity contribution is 4.95. The molecule has 0 amide bonds. The highest BCUT2D eigenvalue weighted by Crippen LogP contribution is 2.39. The molecule has 0 aliphatic rings. The first kappa shape index (κ1) is 19.9. The number of hydrogen-bond acceptors (Lipinski definition) is 2. The molecule has 0 bridgehead atoms. The van der Waals surface area contributed by atoms with E-state index in [2.05, 4.69) is 86.5 Å². The van der Waals surface area contributed by atoms with Crippen molar-refractivity contribution in [3.8, 4) is 0 Å². The average Bonchev–Trinajstić information content (AvgIpc) is 2.11. The lowest BCUT2D eigenvalue weighted by Gasteiger charge is -2.50. The summed E-state index contributed by atoms with van der Waals surface area (Å²) in [5.74, 6) is 0. The Morgan fingerprint density at radius 1 is 0.800 bits per heavy atom. The van der Waals surface area contributed by atoms with Crippen molar-refractivity contribution in [3.63, 3.8) is 0 Å². The first-order valence-electron chi connectivity index (χ1n) is 8.05. The van der Waals surface area contributed by atoms with Crippen molar-refractivity contribution in [1.29, 1.82) is 0 Å². The molecule has 20 heavy (non-hydrogen) atoms. The van der Waals surface area contributed by atoms with Gasteiger partial charge in [-0.15, -0.1) is 0 Å². The SMILES string of the molecule is CN(CC(C)(C)C)C(C)(C)C(C)(C)CCNC(C)(C)C. The van der Waals surface area contributed by atoms with Crippen LogP contribution in [-0.2, 0) is 0 Å². The number of hydrogen-bond donors (Lipinski definition) is 1. The average molecular weight is 285 g/mol. The summed E-state index contributed by atoms with van der Waals surface area (Å²) in [4.78, 5) is 2.53. The Labute approximate surface area is 128 Å². The van der Waals surface area contributed by atoms with E-state index < -0.39 is 0 Å². The van der Waals surface area contributed by atoms with Crippen LogP contribution in [-0.4, -0.2) is 36.1 Å². The Hall–Kier alpha value is -0.0800. The van der Waals surface area contributed by atoms with Crippen molar-refractivity contribution in [2.24, 2.45) is 10.8 Å². The van der Waals surface area contributed by atoms with Gasteiger partial charge in [0.25, 0.3) is 0 Å². The lowest BCUT2D eigenvalue weighted by molar-refractivity contribution is 0.00472. The molecule has 0 fully saturated rings. The number of nitrogens with one attached hydrogen (secondary N) is 1. The van der Waals surface area contributed by atoms with Gasteiger partial charge in [-0.3, -0.25) is 0 Å². The molecule has 2 nitrogen and oxygen atoms in total. The van der Waals surface area contributed by atoms with E-state index in [0.717, 1.165) is 13.1 Å². The summed E-state index contributed by atoms with van der Waals surface area (Å²) < 4.78 is 0. The molecule has 0 radical (unpaired) electrons. The van der Waals surface area contributed by atoms with Crippen molar-refractivity contribution in [2.75, 3.05) is 20.1 Å². The Morgan fingerprint density at radius 3 is 1.60 bits per heavy atom. The lowest BCUT2D eigenvalue weighted by atomic mass is 9.70. The van der Waals surface area contributed by atoms with Gasteiger partial charge < -0.3 is 10.2 Å². The van der Waals surface area contributed by atoms with Gasteiger partial charge in [0.1, 0.15) is 0 Å². The smallest absolute Gasteiger partial charge is 0.0201 e. The van der Waals surface area contributed by atoms with Crippen LogP contribution < -0.4 is 5.32 Å². The van der Waals surface area contributed by atoms with E-state index in [1.165, 1.54) is 6.42 Å². The predicted octanol–water partition coefficient (Wildman–Crippen LogP) is 4.55. The minimum Gasteiger partial charge on any atom is -0.312 e. The van der Waals surface area contributed by atoms with Crippen molar-refractivity contribution < 1.29 is 0 Å². The summed E-state index contributed by atoms with van der Waals surface area (Å²) in [6, 6.07) is 0. The molecule has 0 spiro atoms. The van der Waals surface area contributed by atoms with Crippen LogP contribution in [0.15, 0.2) is 0 Å². The molecular weight excluding hydrogens is 244 g/mol. The van der Waals surface area contributed by atoms with Crippen LogP contribution >= 0.6 is 0 Å². The van der Waals surface area contributed by atoms with E-state index in [-0.39, 0.29) is 16.5 Å². The highest BCUT2D eigenvalue weighted by Gasteiger charge is 2.40. The zero-order chi connectivity index (χ0) is 16.4. The van der Waals surface area contributed by atoms with Crippen molar-refractivity contribution in [2.45, 2.75) is 86.7 Å². The molecule has 1 N–H and O–H groups in total. The minimum atomic E-state index is 0.180. The largest absolute Gasteiger partial charge is 0.312 e. The lowest BCUT2D eigenvalue weighted by Crippen LogP contribution is -2.55. The normalized spacial score (nSPS) is 15.0. The second-order valence-electron chi connectivity index (χ2n) is 9.79. The second-order valence-corrected chi connectivity index (χ2v) is 9.79. The van der Waals surface area contributed by atoms with Gasteiger partial charge in [0.2, 0.25) is 0 Å². The fraction of sp³-hybridized carbons (Fsp3) is 1.00. The van der Waals surface area contributed by atoms with E-state index in [9.17, 15) is 0 Å². The zero-order valence-corrected chi connectivity index (χ0v) is 16.1. The standard InChI is InChI=1S/C18H40N2/c1-15(2,3)14-20(11)18(9,10)17(7,8)12-13-19-16(4,5)6/h19H,12-14H2,1-11H3. The van der Waals surface area contributed by atoms with Crippen LogP contribution in [0.25, 0.3) is 0 Å². The molecule has 0 unspecified atom stereocenters. The number of rotatable bonds is 6. The molecule has 0 rings (SSSR count). The third kappa shape index (κ3) is 6.58. The molecule has 0 aliphatic heterocycles. The van der Waals surface area contributed by atoms with Crippen LogP contribution in [0.3, 0.4) is 0 Å². The summed E-state index contributed by atoms with van der Waals surface area (Å²) in [5.41, 5.74) is 0.994. The molecule has 2 heteroatoms. The van der Waals surface area contributed by atoms with Crippen molar-refractivity contribution >= 4 is 0 Å². The minimum absolute atomic E-state index is 0.180. The maximum absolute atomic E-state index is 3.62. The topological polar surface area (TPSA) is 15.3 Å². The Balaban J connectivity index is 4.71. The fourth-order valence-corrected chi connectivity index (χ4v) is 2.48. The molecule has 0 aromatic carbocycles. The molecular formula is C18H40N2. The van der Waals surface area contributed by atoms with E-state index >= 15 is 0 Å². The molecule has 0 saturated carbocycles. The zero-order valence-electron chi connectivity index (χ0n) is 16.1. The van der Waals surface area contributed by atoms with Crippen molar-refractivity contribution in [1.82, 2.24) is 10.2 Å². The van der Waals surface area contributed by atoms with Crippen LogP contribution in [0.5, 0.6) is 0 Å². The summed E-state index contributed by atoms with van der Waals surface area (Å²) in [6.45, 7) is 25.4. The maximum atomic E-state index is 3.62. The molecule has 0 heterocycles. The van der Waals surface area contributed by atoms with Gasteiger partial charge in [-0.2, -0.15) is 0 Å². The Morgan fingerprint density at radius 2 is 1.25 bits per heavy atom. The Kier molecular flexibility index (Phi) is 6.33. The quantitative estimate of drug-likeness (QED) is 0.770. The van der Waals surface area contributed by atoms with Gasteiger partial charge in [-0.05, 0) is 65.5 Å². The van der Waals surface area contributed by atoms with Gasteiger partial charge >= 0.3 is 0 Å². The molecule has 0 saturated heterocycles. The van der Waals surface area contributed by atoms with E-state index in [4.69, 9.17) is 0 Å². The molecule has 0 aliphatic carbocycles. The van der Waals surface area contributed by atoms with Crippen LogP contribution in [0.2, 0.25) is 0 Å².